The quantitative estimate of drug-likeness (QED) is 0.180. The van der Waals surface area contributed by atoms with Crippen molar-refractivity contribution in [2.24, 2.45) is 0 Å². The third kappa shape index (κ3) is 3.84. The highest BCUT2D eigenvalue weighted by atomic mass is 16.3. The van der Waals surface area contributed by atoms with E-state index in [1.165, 1.54) is 82.2 Å². The third-order valence-electron chi connectivity index (χ3n) is 12.0. The molecule has 0 unspecified atom stereocenters. The van der Waals surface area contributed by atoms with Gasteiger partial charge >= 0.3 is 0 Å². The van der Waals surface area contributed by atoms with Gasteiger partial charge in [0.25, 0.3) is 0 Å². The second kappa shape index (κ2) is 10.6. The first-order chi connectivity index (χ1) is 27.3. The fourth-order valence-corrected chi connectivity index (χ4v) is 9.78. The highest BCUT2D eigenvalue weighted by molar-refractivity contribution is 6.32. The number of hydrogen-bond donors (Lipinski definition) is 0. The van der Waals surface area contributed by atoms with Crippen LogP contribution in [0.3, 0.4) is 0 Å². The Morgan fingerprint density at radius 3 is 1.93 bits per heavy atom. The molecule has 0 spiro atoms. The van der Waals surface area contributed by atoms with Crippen LogP contribution in [-0.2, 0) is 0 Å². The van der Waals surface area contributed by atoms with Crippen molar-refractivity contribution in [3.05, 3.63) is 182 Å². The second-order valence-electron chi connectivity index (χ2n) is 14.8. The Hall–Kier alpha value is -7.36. The third-order valence-corrected chi connectivity index (χ3v) is 12.0. The van der Waals surface area contributed by atoms with E-state index in [0.717, 1.165) is 38.8 Å². The molecular formula is C52H30N2O. The molecule has 0 N–H and O–H groups in total. The molecular weight excluding hydrogens is 669 g/mol. The summed E-state index contributed by atoms with van der Waals surface area (Å²) in [5, 5.41) is 9.73. The molecule has 12 aromatic rings. The van der Waals surface area contributed by atoms with Crippen molar-refractivity contribution in [1.82, 2.24) is 9.13 Å². The molecule has 254 valence electrons. The molecule has 9 aromatic carbocycles. The molecule has 3 heterocycles. The summed E-state index contributed by atoms with van der Waals surface area (Å²) in [7, 11) is 0. The zero-order valence-corrected chi connectivity index (χ0v) is 29.6. The van der Waals surface area contributed by atoms with E-state index >= 15 is 0 Å². The second-order valence-corrected chi connectivity index (χ2v) is 14.8. The predicted octanol–water partition coefficient (Wildman–Crippen LogP) is 14.2. The first-order valence-corrected chi connectivity index (χ1v) is 18.9. The molecule has 0 bridgehead atoms. The summed E-state index contributed by atoms with van der Waals surface area (Å²) in [5.41, 5.74) is 16.4. The van der Waals surface area contributed by atoms with Crippen LogP contribution in [-0.4, -0.2) is 9.13 Å². The zero-order chi connectivity index (χ0) is 35.8. The van der Waals surface area contributed by atoms with Crippen LogP contribution in [0.2, 0.25) is 0 Å². The molecule has 3 aromatic heterocycles. The molecule has 0 fully saturated rings. The van der Waals surface area contributed by atoms with Crippen molar-refractivity contribution in [1.29, 1.82) is 0 Å². The number of rotatable bonds is 3. The molecule has 0 atom stereocenters. The maximum absolute atomic E-state index is 6.53. The molecule has 3 nitrogen and oxygen atoms in total. The molecule has 0 saturated carbocycles. The van der Waals surface area contributed by atoms with E-state index in [1.54, 1.807) is 0 Å². The molecule has 13 rings (SSSR count). The van der Waals surface area contributed by atoms with Crippen molar-refractivity contribution in [3.63, 3.8) is 0 Å². The van der Waals surface area contributed by atoms with E-state index < -0.39 is 0 Å². The minimum Gasteiger partial charge on any atom is -0.456 e. The number of aromatic nitrogens is 2. The lowest BCUT2D eigenvalue weighted by atomic mass is 10.0. The van der Waals surface area contributed by atoms with Crippen LogP contribution in [0.15, 0.2) is 186 Å². The molecule has 0 saturated heterocycles. The lowest BCUT2D eigenvalue weighted by Gasteiger charge is -2.15. The Labute approximate surface area is 315 Å². The first kappa shape index (κ1) is 29.1. The summed E-state index contributed by atoms with van der Waals surface area (Å²) in [6.45, 7) is 0. The van der Waals surface area contributed by atoms with Gasteiger partial charge in [-0.3, -0.25) is 0 Å². The molecule has 0 aliphatic heterocycles. The van der Waals surface area contributed by atoms with Gasteiger partial charge in [0.1, 0.15) is 11.2 Å². The van der Waals surface area contributed by atoms with Gasteiger partial charge in [0.2, 0.25) is 0 Å². The zero-order valence-electron chi connectivity index (χ0n) is 29.6. The molecule has 55 heavy (non-hydrogen) atoms. The largest absolute Gasteiger partial charge is 0.456 e. The monoisotopic (exact) mass is 698 g/mol. The van der Waals surface area contributed by atoms with Gasteiger partial charge in [-0.05, 0) is 92.7 Å². The minimum absolute atomic E-state index is 0.902. The number of para-hydroxylation sites is 2. The van der Waals surface area contributed by atoms with Crippen LogP contribution >= 0.6 is 0 Å². The number of hydrogen-bond acceptors (Lipinski definition) is 1. The highest BCUT2D eigenvalue weighted by Crippen LogP contribution is 2.50. The summed E-state index contributed by atoms with van der Waals surface area (Å²) < 4.78 is 11.6. The molecule has 1 aliphatic carbocycles. The Balaban J connectivity index is 1.24. The van der Waals surface area contributed by atoms with Gasteiger partial charge in [0.15, 0.2) is 0 Å². The van der Waals surface area contributed by atoms with Crippen LogP contribution in [0.4, 0.5) is 0 Å². The van der Waals surface area contributed by atoms with Crippen molar-refractivity contribution < 1.29 is 4.42 Å². The van der Waals surface area contributed by atoms with E-state index in [2.05, 4.69) is 191 Å². The van der Waals surface area contributed by atoms with Crippen molar-refractivity contribution in [2.75, 3.05) is 0 Å². The van der Waals surface area contributed by atoms with Crippen LogP contribution in [0, 0.1) is 0 Å². The average Bonchev–Trinajstić information content (AvgIpc) is 3.98. The number of benzene rings is 9. The van der Waals surface area contributed by atoms with E-state index in [0.29, 0.717) is 0 Å². The summed E-state index contributed by atoms with van der Waals surface area (Å²) >= 11 is 0. The van der Waals surface area contributed by atoms with Gasteiger partial charge in [-0.2, -0.15) is 0 Å². The maximum atomic E-state index is 6.53. The normalized spacial score (nSPS) is 12.4. The lowest BCUT2D eigenvalue weighted by molar-refractivity contribution is 0.669. The Morgan fingerprint density at radius 2 is 1.02 bits per heavy atom. The van der Waals surface area contributed by atoms with Crippen LogP contribution in [0.1, 0.15) is 0 Å². The van der Waals surface area contributed by atoms with Gasteiger partial charge in [-0.15, -0.1) is 0 Å². The predicted molar refractivity (Wildman–Crippen MR) is 230 cm³/mol. The smallest absolute Gasteiger partial charge is 0.136 e. The van der Waals surface area contributed by atoms with Gasteiger partial charge < -0.3 is 13.6 Å². The van der Waals surface area contributed by atoms with Gasteiger partial charge in [-0.25, -0.2) is 0 Å². The summed E-state index contributed by atoms with van der Waals surface area (Å²) in [5.74, 6) is 0. The Morgan fingerprint density at radius 1 is 0.327 bits per heavy atom. The van der Waals surface area contributed by atoms with Crippen molar-refractivity contribution >= 4 is 76.3 Å². The maximum Gasteiger partial charge on any atom is 0.136 e. The van der Waals surface area contributed by atoms with Gasteiger partial charge in [0.05, 0.1) is 22.1 Å². The van der Waals surface area contributed by atoms with E-state index in [1.807, 2.05) is 0 Å². The molecule has 3 heteroatoms. The minimum atomic E-state index is 0.902. The highest BCUT2D eigenvalue weighted by Gasteiger charge is 2.26. The molecule has 0 amide bonds. The standard InChI is InChI=1S/C52H30N2O/c1-2-12-31(13-3-1)32-14-10-16-34(28-32)53-44-22-8-6-19-38(44)40-24-25-42-49-45(26-27-47-50(49)41-20-7-9-23-46(41)55-47)54(52(42)51(40)53)35-29-33-15-11-21-39-36-17-4-5-18-37(36)43(30-35)48(33)39/h1-30H. The van der Waals surface area contributed by atoms with Crippen LogP contribution < -0.4 is 0 Å². The van der Waals surface area contributed by atoms with E-state index in [4.69, 9.17) is 4.42 Å². The van der Waals surface area contributed by atoms with Crippen molar-refractivity contribution in [2.45, 2.75) is 0 Å². The van der Waals surface area contributed by atoms with Gasteiger partial charge in [0, 0.05) is 43.7 Å². The lowest BCUT2D eigenvalue weighted by Crippen LogP contribution is -1.99. The summed E-state index contributed by atoms with van der Waals surface area (Å²) in [6.07, 6.45) is 0. The number of furan rings is 1. The molecule has 1 aliphatic rings. The molecule has 0 radical (unpaired) electrons. The van der Waals surface area contributed by atoms with E-state index in [-0.39, 0.29) is 0 Å². The topological polar surface area (TPSA) is 23.0 Å². The van der Waals surface area contributed by atoms with Gasteiger partial charge in [-0.1, -0.05) is 133 Å². The first-order valence-electron chi connectivity index (χ1n) is 18.9. The SMILES string of the molecule is c1ccc(-c2cccc(-n3c4ccccc4c4ccc5c6c7c(ccc6n(-c6cc8c9c(cccc9c6)-c6ccccc6-8)c5c43)oc3ccccc37)c2)cc1. The van der Waals surface area contributed by atoms with Crippen LogP contribution in [0.25, 0.3) is 121 Å². The Kier molecular flexibility index (Phi) is 5.63. The fourth-order valence-electron chi connectivity index (χ4n) is 9.78. The average molecular weight is 699 g/mol. The Bertz CT molecular complexity index is 3600. The number of nitrogens with zero attached hydrogens (tertiary/aromatic N) is 2. The fraction of sp³-hybridized carbons (Fsp3) is 0. The summed E-state index contributed by atoms with van der Waals surface area (Å²) in [6, 6.07) is 66.5. The van der Waals surface area contributed by atoms with E-state index in [9.17, 15) is 0 Å². The summed E-state index contributed by atoms with van der Waals surface area (Å²) in [4.78, 5) is 0. The van der Waals surface area contributed by atoms with Crippen LogP contribution in [0.5, 0.6) is 0 Å². The number of fused-ring (bicyclic) bond motifs is 14. The van der Waals surface area contributed by atoms with Crippen molar-refractivity contribution in [3.8, 4) is 44.8 Å².